The number of halogens is 1. The van der Waals surface area contributed by atoms with Crippen LogP contribution in [-0.2, 0) is 18.5 Å². The molecule has 1 spiro atoms. The van der Waals surface area contributed by atoms with Gasteiger partial charge in [-0.1, -0.05) is 6.07 Å². The van der Waals surface area contributed by atoms with Gasteiger partial charge in [-0.05, 0) is 56.6 Å². The molecule has 3 heterocycles. The number of fused-ring (bicyclic) bond motifs is 2. The summed E-state index contributed by atoms with van der Waals surface area (Å²) in [6.07, 6.45) is 6.95. The Labute approximate surface area is 211 Å². The highest BCUT2D eigenvalue weighted by Crippen LogP contribution is 2.55. The van der Waals surface area contributed by atoms with Crippen molar-refractivity contribution in [3.8, 4) is 5.75 Å². The summed E-state index contributed by atoms with van der Waals surface area (Å²) in [6.45, 7) is 3.96. The number of methoxy groups -OCH3 is 1. The molecule has 8 nitrogen and oxygen atoms in total. The highest BCUT2D eigenvalue weighted by atomic mass is 19.1. The predicted molar refractivity (Wildman–Crippen MR) is 136 cm³/mol. The smallest absolute Gasteiger partial charge is 0.254 e. The maximum absolute atomic E-state index is 14.0. The van der Waals surface area contributed by atoms with Crippen molar-refractivity contribution in [3.05, 3.63) is 70.6 Å². The third-order valence-electron chi connectivity index (χ3n) is 7.36. The minimum Gasteiger partial charge on any atom is -0.494 e. The molecule has 2 aromatic heterocycles. The van der Waals surface area contributed by atoms with E-state index in [4.69, 9.17) is 4.74 Å². The normalized spacial score (nSPS) is 16.9. The van der Waals surface area contributed by atoms with Crippen molar-refractivity contribution >= 4 is 11.9 Å². The quantitative estimate of drug-likeness (QED) is 0.515. The zero-order valence-corrected chi connectivity index (χ0v) is 21.5. The van der Waals surface area contributed by atoms with Crippen LogP contribution in [0.5, 0.6) is 5.75 Å². The highest BCUT2D eigenvalue weighted by Gasteiger charge is 2.53. The molecule has 1 atom stereocenters. The van der Waals surface area contributed by atoms with E-state index in [0.29, 0.717) is 18.8 Å². The fraction of sp³-hybridized carbons (Fsp3) is 0.444. The SMILES string of the molecule is CNc1nccn1Cc1cc(CN(C)C)c2c(c1)C(=O)N([C@@H](C)c1cc(OC)c(F)cn1)CC21CC1. The van der Waals surface area contributed by atoms with E-state index >= 15 is 0 Å². The standard InChI is InChI=1S/C27H33FN6O2/c1-17(22-12-23(36-5)21(28)13-31-22)34-16-27(6-7-27)24-19(15-32(3)4)10-18(11-20(24)25(34)35)14-33-9-8-30-26(33)29-2/h8-13,17H,6-7,14-16H2,1-5H3,(H,29,30)/t17-/m0/s1. The van der Waals surface area contributed by atoms with Gasteiger partial charge in [-0.2, -0.15) is 0 Å². The van der Waals surface area contributed by atoms with Gasteiger partial charge in [0.2, 0.25) is 5.95 Å². The number of pyridine rings is 1. The first kappa shape index (κ1) is 24.2. The van der Waals surface area contributed by atoms with E-state index in [1.54, 1.807) is 12.3 Å². The zero-order valence-electron chi connectivity index (χ0n) is 21.5. The van der Waals surface area contributed by atoms with Crippen molar-refractivity contribution in [2.45, 2.75) is 44.3 Å². The number of rotatable bonds is 8. The molecule has 2 aliphatic rings. The predicted octanol–water partition coefficient (Wildman–Crippen LogP) is 3.83. The van der Waals surface area contributed by atoms with Gasteiger partial charge in [0.1, 0.15) is 0 Å². The number of hydrogen-bond donors (Lipinski definition) is 1. The lowest BCUT2D eigenvalue weighted by molar-refractivity contribution is 0.0633. The molecule has 0 radical (unpaired) electrons. The summed E-state index contributed by atoms with van der Waals surface area (Å²) in [5.41, 5.74) is 4.79. The number of ether oxygens (including phenoxy) is 1. The third kappa shape index (κ3) is 4.21. The van der Waals surface area contributed by atoms with Gasteiger partial charge < -0.3 is 24.4 Å². The van der Waals surface area contributed by atoms with Crippen molar-refractivity contribution in [1.29, 1.82) is 0 Å². The van der Waals surface area contributed by atoms with Crippen molar-refractivity contribution in [2.24, 2.45) is 0 Å². The number of imidazole rings is 1. The van der Waals surface area contributed by atoms with E-state index in [9.17, 15) is 9.18 Å². The van der Waals surface area contributed by atoms with Crippen LogP contribution in [0.15, 0.2) is 36.8 Å². The number of carbonyl (C=O) groups is 1. The summed E-state index contributed by atoms with van der Waals surface area (Å²) < 4.78 is 21.2. The van der Waals surface area contributed by atoms with Gasteiger partial charge in [-0.15, -0.1) is 0 Å². The van der Waals surface area contributed by atoms with Crippen LogP contribution in [0.1, 0.15) is 58.5 Å². The molecular formula is C27H33FN6O2. The Balaban J connectivity index is 1.57. The fourth-order valence-corrected chi connectivity index (χ4v) is 5.46. The second-order valence-corrected chi connectivity index (χ2v) is 10.2. The maximum atomic E-state index is 14.0. The van der Waals surface area contributed by atoms with Crippen LogP contribution >= 0.6 is 0 Å². The Morgan fingerprint density at radius 1 is 1.25 bits per heavy atom. The largest absolute Gasteiger partial charge is 0.494 e. The monoisotopic (exact) mass is 492 g/mol. The molecule has 36 heavy (non-hydrogen) atoms. The maximum Gasteiger partial charge on any atom is 0.254 e. The highest BCUT2D eigenvalue weighted by molar-refractivity contribution is 5.98. The molecule has 1 amide bonds. The second kappa shape index (κ2) is 9.20. The molecular weight excluding hydrogens is 459 g/mol. The molecule has 3 aromatic rings. The van der Waals surface area contributed by atoms with Crippen LogP contribution in [0.25, 0.3) is 0 Å². The zero-order chi connectivity index (χ0) is 25.6. The van der Waals surface area contributed by atoms with Gasteiger partial charge in [0.15, 0.2) is 11.6 Å². The average Bonchev–Trinajstić information content (AvgIpc) is 3.48. The number of anilines is 1. The van der Waals surface area contributed by atoms with E-state index in [2.05, 4.69) is 40.3 Å². The van der Waals surface area contributed by atoms with Gasteiger partial charge in [0.25, 0.3) is 5.91 Å². The number of nitrogens with zero attached hydrogens (tertiary/aromatic N) is 5. The number of benzene rings is 1. The van der Waals surface area contributed by atoms with E-state index in [1.807, 2.05) is 35.7 Å². The van der Waals surface area contributed by atoms with Gasteiger partial charge in [0, 0.05) is 49.6 Å². The van der Waals surface area contributed by atoms with E-state index in [-0.39, 0.29) is 23.1 Å². The number of amides is 1. The van der Waals surface area contributed by atoms with Crippen LogP contribution in [0.2, 0.25) is 0 Å². The molecule has 1 aliphatic heterocycles. The lowest BCUT2D eigenvalue weighted by Crippen LogP contribution is -2.45. The van der Waals surface area contributed by atoms with Crippen LogP contribution < -0.4 is 10.1 Å². The Kier molecular flexibility index (Phi) is 6.20. The molecule has 0 unspecified atom stereocenters. The first-order valence-electron chi connectivity index (χ1n) is 12.3. The van der Waals surface area contributed by atoms with Crippen LogP contribution in [0.3, 0.4) is 0 Å². The topological polar surface area (TPSA) is 75.5 Å². The molecule has 1 saturated carbocycles. The Morgan fingerprint density at radius 2 is 2.03 bits per heavy atom. The van der Waals surface area contributed by atoms with Crippen molar-refractivity contribution < 1.29 is 13.9 Å². The van der Waals surface area contributed by atoms with E-state index in [1.165, 1.54) is 18.2 Å². The number of aromatic nitrogens is 3. The van der Waals surface area contributed by atoms with Crippen LogP contribution in [-0.4, -0.2) is 65.0 Å². The van der Waals surface area contributed by atoms with Crippen LogP contribution in [0.4, 0.5) is 10.3 Å². The summed E-state index contributed by atoms with van der Waals surface area (Å²) in [4.78, 5) is 26.7. The Morgan fingerprint density at radius 3 is 2.69 bits per heavy atom. The molecule has 9 heteroatoms. The third-order valence-corrected chi connectivity index (χ3v) is 7.36. The minimum absolute atomic E-state index is 0.0126. The first-order valence-corrected chi connectivity index (χ1v) is 12.3. The molecule has 1 aromatic carbocycles. The molecule has 1 aliphatic carbocycles. The Hall–Kier alpha value is -3.46. The Bertz CT molecular complexity index is 1300. The van der Waals surface area contributed by atoms with Crippen molar-refractivity contribution in [3.63, 3.8) is 0 Å². The number of nitrogens with one attached hydrogen (secondary N) is 1. The van der Waals surface area contributed by atoms with Crippen molar-refractivity contribution in [1.82, 2.24) is 24.3 Å². The fourth-order valence-electron chi connectivity index (χ4n) is 5.46. The average molecular weight is 493 g/mol. The van der Waals surface area contributed by atoms with E-state index < -0.39 is 5.82 Å². The number of carbonyl (C=O) groups excluding carboxylic acids is 1. The first-order chi connectivity index (χ1) is 17.3. The molecule has 1 fully saturated rings. The van der Waals surface area contributed by atoms with Gasteiger partial charge >= 0.3 is 0 Å². The molecule has 0 bridgehead atoms. The van der Waals surface area contributed by atoms with Crippen LogP contribution in [0, 0.1) is 5.82 Å². The summed E-state index contributed by atoms with van der Waals surface area (Å²) in [7, 11) is 7.39. The lowest BCUT2D eigenvalue weighted by Gasteiger charge is -2.40. The molecule has 1 N–H and O–H groups in total. The lowest BCUT2D eigenvalue weighted by atomic mass is 9.81. The van der Waals surface area contributed by atoms with Gasteiger partial charge in [-0.25, -0.2) is 9.37 Å². The summed E-state index contributed by atoms with van der Waals surface area (Å²) >= 11 is 0. The van der Waals surface area contributed by atoms with Crippen molar-refractivity contribution in [2.75, 3.05) is 40.1 Å². The summed E-state index contributed by atoms with van der Waals surface area (Å²) in [5.74, 6) is 0.384. The molecule has 190 valence electrons. The second-order valence-electron chi connectivity index (χ2n) is 10.2. The van der Waals surface area contributed by atoms with E-state index in [0.717, 1.165) is 42.7 Å². The summed E-state index contributed by atoms with van der Waals surface area (Å²) in [5, 5.41) is 3.11. The molecule has 0 saturated heterocycles. The minimum atomic E-state index is -0.513. The van der Waals surface area contributed by atoms with Gasteiger partial charge in [-0.3, -0.25) is 9.78 Å². The number of hydrogen-bond acceptors (Lipinski definition) is 6. The van der Waals surface area contributed by atoms with Gasteiger partial charge in [0.05, 0.1) is 31.6 Å². The summed E-state index contributed by atoms with van der Waals surface area (Å²) in [6, 6.07) is 5.57. The molecule has 5 rings (SSSR count).